The van der Waals surface area contributed by atoms with E-state index < -0.39 is 0 Å². The molecule has 0 aliphatic heterocycles. The molecule has 0 N–H and O–H groups in total. The lowest BCUT2D eigenvalue weighted by Crippen LogP contribution is -1.94. The van der Waals surface area contributed by atoms with Gasteiger partial charge in [-0.1, -0.05) is 146 Å². The molecule has 9 aromatic carbocycles. The van der Waals surface area contributed by atoms with Crippen molar-refractivity contribution in [3.63, 3.8) is 0 Å². The summed E-state index contributed by atoms with van der Waals surface area (Å²) < 4.78 is 7.23. The maximum absolute atomic E-state index is 5.44. The zero-order valence-electron chi connectivity index (χ0n) is 31.6. The molecule has 0 bridgehead atoms. The second-order valence-corrected chi connectivity index (χ2v) is 17.4. The van der Waals surface area contributed by atoms with Crippen LogP contribution in [0.2, 0.25) is 0 Å². The summed E-state index contributed by atoms with van der Waals surface area (Å²) in [4.78, 5) is 10.8. The highest BCUT2D eigenvalue weighted by atomic mass is 32.1. The predicted octanol–water partition coefficient (Wildman–Crippen LogP) is 15.6. The van der Waals surface area contributed by atoms with Gasteiger partial charge in [-0.2, -0.15) is 0 Å². The van der Waals surface area contributed by atoms with E-state index in [0.29, 0.717) is 0 Å². The van der Waals surface area contributed by atoms with Gasteiger partial charge in [-0.05, 0) is 75.1 Å². The highest BCUT2D eigenvalue weighted by molar-refractivity contribution is 7.26. The number of aromatic nitrogens is 3. The molecule has 0 unspecified atom stereocenters. The largest absolute Gasteiger partial charge is 0.309 e. The van der Waals surface area contributed by atoms with E-state index in [1.54, 1.807) is 11.3 Å². The average Bonchev–Trinajstić information content (AvgIpc) is 3.97. The van der Waals surface area contributed by atoms with Crippen molar-refractivity contribution in [2.45, 2.75) is 0 Å². The van der Waals surface area contributed by atoms with Crippen LogP contribution >= 0.6 is 22.7 Å². The van der Waals surface area contributed by atoms with Crippen LogP contribution in [0.15, 0.2) is 188 Å². The summed E-state index contributed by atoms with van der Waals surface area (Å²) in [6.07, 6.45) is 0. The zero-order chi connectivity index (χ0) is 38.6. The molecule has 5 heteroatoms. The lowest BCUT2D eigenvalue weighted by Gasteiger charge is -2.09. The molecule has 59 heavy (non-hydrogen) atoms. The Labute approximate surface area is 346 Å². The van der Waals surface area contributed by atoms with Crippen LogP contribution < -0.4 is 0 Å². The van der Waals surface area contributed by atoms with Crippen molar-refractivity contribution in [1.29, 1.82) is 0 Å². The zero-order valence-corrected chi connectivity index (χ0v) is 33.2. The molecule has 0 radical (unpaired) electrons. The molecule has 0 aliphatic rings. The number of fused-ring (bicyclic) bond motifs is 12. The number of benzene rings is 9. The second-order valence-electron chi connectivity index (χ2n) is 15.3. The van der Waals surface area contributed by atoms with Crippen molar-refractivity contribution in [2.24, 2.45) is 0 Å². The third-order valence-corrected chi connectivity index (χ3v) is 14.4. The molecule has 0 saturated heterocycles. The number of hydrogen-bond acceptors (Lipinski definition) is 4. The van der Waals surface area contributed by atoms with E-state index in [1.807, 2.05) is 11.3 Å². The highest BCUT2D eigenvalue weighted by Crippen LogP contribution is 2.45. The van der Waals surface area contributed by atoms with Crippen LogP contribution in [-0.4, -0.2) is 14.5 Å². The molecule has 13 aromatic rings. The van der Waals surface area contributed by atoms with Gasteiger partial charge in [0.05, 0.1) is 26.9 Å². The molecule has 13 rings (SSSR count). The van der Waals surface area contributed by atoms with Gasteiger partial charge < -0.3 is 4.57 Å². The first kappa shape index (κ1) is 32.9. The Morgan fingerprint density at radius 3 is 1.95 bits per heavy atom. The first-order valence-electron chi connectivity index (χ1n) is 19.9. The summed E-state index contributed by atoms with van der Waals surface area (Å²) in [6.45, 7) is 0. The first-order chi connectivity index (χ1) is 29.2. The molecule has 0 saturated carbocycles. The van der Waals surface area contributed by atoms with Crippen molar-refractivity contribution < 1.29 is 0 Å². The van der Waals surface area contributed by atoms with Crippen LogP contribution in [0.25, 0.3) is 123 Å². The summed E-state index contributed by atoms with van der Waals surface area (Å²) in [5.74, 6) is 0.752. The summed E-state index contributed by atoms with van der Waals surface area (Å²) >= 11 is 3.60. The van der Waals surface area contributed by atoms with Gasteiger partial charge in [0.1, 0.15) is 0 Å². The van der Waals surface area contributed by atoms with Crippen LogP contribution in [0.1, 0.15) is 0 Å². The van der Waals surface area contributed by atoms with Crippen LogP contribution in [-0.2, 0) is 0 Å². The van der Waals surface area contributed by atoms with E-state index >= 15 is 0 Å². The fourth-order valence-corrected chi connectivity index (χ4v) is 11.6. The molecule has 0 spiro atoms. The van der Waals surface area contributed by atoms with Crippen molar-refractivity contribution >= 4 is 106 Å². The highest BCUT2D eigenvalue weighted by Gasteiger charge is 2.21. The standard InChI is InChI=1S/C54H31N3S2/c1-2-11-32(12-3-1)33-21-23-35(24-22-33)50-53-51(42-17-8-9-20-47(42)58-53)56-54(55-50)43-19-10-18-41-40-27-26-38(31-48(40)59-52(41)43)57-45-28-25-34-13-6-7-16-39(34)49(45)44-29-36-14-4-5-15-37(36)30-46(44)57/h1-31H. The third-order valence-electron chi connectivity index (χ3n) is 12.0. The minimum absolute atomic E-state index is 0.752. The van der Waals surface area contributed by atoms with Gasteiger partial charge in [0.15, 0.2) is 5.82 Å². The average molecular weight is 786 g/mol. The van der Waals surface area contributed by atoms with Crippen molar-refractivity contribution in [3.8, 4) is 39.5 Å². The van der Waals surface area contributed by atoms with Crippen LogP contribution in [0.4, 0.5) is 0 Å². The summed E-state index contributed by atoms with van der Waals surface area (Å²) in [5, 5.41) is 11.2. The SMILES string of the molecule is c1ccc(-c2ccc(-c3nc(-c4cccc5c4sc4cc(-n6c7cc8ccccc8cc7c7c8ccccc8ccc76)ccc45)nc4c3sc3ccccc34)cc2)cc1. The van der Waals surface area contributed by atoms with Gasteiger partial charge in [-0.3, -0.25) is 0 Å². The lowest BCUT2D eigenvalue weighted by atomic mass is 10.0. The lowest BCUT2D eigenvalue weighted by molar-refractivity contribution is 1.19. The molecule has 4 aromatic heterocycles. The molecule has 4 heterocycles. The van der Waals surface area contributed by atoms with Gasteiger partial charge in [-0.15, -0.1) is 22.7 Å². The van der Waals surface area contributed by atoms with Gasteiger partial charge in [0, 0.05) is 57.8 Å². The number of nitrogens with zero attached hydrogens (tertiary/aromatic N) is 3. The topological polar surface area (TPSA) is 30.7 Å². The fourth-order valence-electron chi connectivity index (χ4n) is 9.21. The van der Waals surface area contributed by atoms with Gasteiger partial charge in [0.25, 0.3) is 0 Å². The van der Waals surface area contributed by atoms with Crippen LogP contribution in [0.3, 0.4) is 0 Å². The van der Waals surface area contributed by atoms with Crippen molar-refractivity contribution in [3.05, 3.63) is 188 Å². The van der Waals surface area contributed by atoms with Crippen molar-refractivity contribution in [1.82, 2.24) is 14.5 Å². The van der Waals surface area contributed by atoms with Crippen molar-refractivity contribution in [2.75, 3.05) is 0 Å². The Hall–Kier alpha value is -7.18. The maximum Gasteiger partial charge on any atom is 0.161 e. The fraction of sp³-hybridized carbons (Fsp3) is 0. The van der Waals surface area contributed by atoms with Gasteiger partial charge in [0.2, 0.25) is 0 Å². The minimum Gasteiger partial charge on any atom is -0.309 e. The Morgan fingerprint density at radius 1 is 0.390 bits per heavy atom. The van der Waals surface area contributed by atoms with Crippen LogP contribution in [0.5, 0.6) is 0 Å². The summed E-state index contributed by atoms with van der Waals surface area (Å²) in [7, 11) is 0. The van der Waals surface area contributed by atoms with E-state index in [-0.39, 0.29) is 0 Å². The molecule has 0 fully saturated rings. The van der Waals surface area contributed by atoms with Gasteiger partial charge >= 0.3 is 0 Å². The molecular formula is C54H31N3S2. The van der Waals surface area contributed by atoms with E-state index in [0.717, 1.165) is 43.9 Å². The predicted molar refractivity (Wildman–Crippen MR) is 253 cm³/mol. The second kappa shape index (κ2) is 12.7. The van der Waals surface area contributed by atoms with E-state index in [1.165, 1.54) is 79.3 Å². The number of hydrogen-bond donors (Lipinski definition) is 0. The number of rotatable bonds is 4. The Morgan fingerprint density at radius 2 is 1.08 bits per heavy atom. The summed E-state index contributed by atoms with van der Waals surface area (Å²) in [6, 6.07) is 68.3. The van der Waals surface area contributed by atoms with E-state index in [9.17, 15) is 0 Å². The Kier molecular flexibility index (Phi) is 7.05. The molecule has 274 valence electrons. The van der Waals surface area contributed by atoms with E-state index in [4.69, 9.17) is 9.97 Å². The smallest absolute Gasteiger partial charge is 0.161 e. The molecular weight excluding hydrogens is 755 g/mol. The van der Waals surface area contributed by atoms with Gasteiger partial charge in [-0.25, -0.2) is 9.97 Å². The Balaban J connectivity index is 1.02. The molecule has 0 amide bonds. The van der Waals surface area contributed by atoms with Crippen LogP contribution in [0, 0.1) is 0 Å². The maximum atomic E-state index is 5.44. The molecule has 3 nitrogen and oxygen atoms in total. The monoisotopic (exact) mass is 785 g/mol. The normalized spacial score (nSPS) is 12.1. The number of thiophene rings is 2. The Bertz CT molecular complexity index is 3840. The molecule has 0 atom stereocenters. The quantitative estimate of drug-likeness (QED) is 0.178. The minimum atomic E-state index is 0.752. The summed E-state index contributed by atoms with van der Waals surface area (Å²) in [5.41, 5.74) is 10.1. The molecule has 0 aliphatic carbocycles. The first-order valence-corrected chi connectivity index (χ1v) is 21.5. The third kappa shape index (κ3) is 4.99. The van der Waals surface area contributed by atoms with E-state index in [2.05, 4.69) is 193 Å².